The summed E-state index contributed by atoms with van der Waals surface area (Å²) >= 11 is 1.09. The smallest absolute Gasteiger partial charge is 0.338 e. The lowest BCUT2D eigenvalue weighted by Crippen LogP contribution is -2.37. The van der Waals surface area contributed by atoms with Crippen LogP contribution in [0.1, 0.15) is 20.7 Å². The van der Waals surface area contributed by atoms with E-state index in [1.807, 2.05) is 0 Å². The van der Waals surface area contributed by atoms with Gasteiger partial charge in [-0.3, -0.25) is 19.8 Å². The third-order valence-electron chi connectivity index (χ3n) is 5.39. The van der Waals surface area contributed by atoms with Crippen LogP contribution in [-0.2, 0) is 4.74 Å². The summed E-state index contributed by atoms with van der Waals surface area (Å²) in [4.78, 5) is 41.3. The molecule has 1 N–H and O–H groups in total. The Morgan fingerprint density at radius 1 is 1.12 bits per heavy atom. The summed E-state index contributed by atoms with van der Waals surface area (Å²) < 4.78 is 18.4. The zero-order chi connectivity index (χ0) is 28.9. The Morgan fingerprint density at radius 2 is 1.82 bits per heavy atom. The summed E-state index contributed by atoms with van der Waals surface area (Å²) in [6.45, 7) is 1.13. The predicted molar refractivity (Wildman–Crippen MR) is 147 cm³/mol. The van der Waals surface area contributed by atoms with Gasteiger partial charge in [-0.2, -0.15) is 0 Å². The van der Waals surface area contributed by atoms with Gasteiger partial charge in [-0.15, -0.1) is 6.42 Å². The molecule has 0 unspecified atom stereocenters. The molecule has 3 aromatic carbocycles. The van der Waals surface area contributed by atoms with Crippen LogP contribution in [-0.4, -0.2) is 54.5 Å². The van der Waals surface area contributed by atoms with Gasteiger partial charge >= 0.3 is 5.97 Å². The lowest BCUT2D eigenvalue weighted by molar-refractivity contribution is -0.387. The highest BCUT2D eigenvalue weighted by atomic mass is 32.2. The number of terminal acetylenes is 1. The van der Waals surface area contributed by atoms with Crippen LogP contribution in [0.25, 0.3) is 10.4 Å². The van der Waals surface area contributed by atoms with E-state index in [0.717, 1.165) is 11.8 Å². The summed E-state index contributed by atoms with van der Waals surface area (Å²) in [5, 5.41) is 17.8. The molecule has 0 aromatic heterocycles. The molecule has 0 saturated carbocycles. The molecular weight excluding hydrogens is 539 g/mol. The van der Waals surface area contributed by atoms with E-state index in [9.17, 15) is 24.1 Å². The maximum atomic E-state index is 13.2. The Kier molecular flexibility index (Phi) is 11.0. The Labute approximate surface area is 233 Å². The Morgan fingerprint density at radius 3 is 2.48 bits per heavy atom. The molecule has 3 rings (SSSR count). The number of azide groups is 1. The first-order valence-corrected chi connectivity index (χ1v) is 12.6. The molecule has 1 amide bonds. The molecule has 0 bridgehead atoms. The highest BCUT2D eigenvalue weighted by Crippen LogP contribution is 2.35. The maximum Gasteiger partial charge on any atom is 0.338 e. The Hall–Kier alpha value is -4.89. The van der Waals surface area contributed by atoms with Crippen molar-refractivity contribution in [3.8, 4) is 12.3 Å². The number of nitro groups is 1. The number of esters is 1. The summed E-state index contributed by atoms with van der Waals surface area (Å²) in [6.07, 6.45) is 5.43. The number of carbonyl (C=O) groups is 2. The van der Waals surface area contributed by atoms with E-state index in [2.05, 4.69) is 21.3 Å². The second-order valence-electron chi connectivity index (χ2n) is 8.10. The molecule has 0 aliphatic heterocycles. The summed E-state index contributed by atoms with van der Waals surface area (Å²) in [5.41, 5.74) is 8.97. The van der Waals surface area contributed by atoms with Gasteiger partial charge in [0.1, 0.15) is 12.4 Å². The molecule has 3 aromatic rings. The zero-order valence-electron chi connectivity index (χ0n) is 21.0. The number of halogens is 1. The SMILES string of the molecule is C#CCN(CCNC(=O)c1ccc(Sc2ccc(F)cc2)c([N+](=O)[O-])c1)CCOC(=O)c1ccc(N=[N+]=[N-])cc1. The van der Waals surface area contributed by atoms with Gasteiger partial charge in [0.2, 0.25) is 0 Å². The lowest BCUT2D eigenvalue weighted by atomic mass is 10.2. The van der Waals surface area contributed by atoms with Crippen molar-refractivity contribution in [2.75, 3.05) is 32.8 Å². The number of amides is 1. The molecule has 0 aliphatic carbocycles. The van der Waals surface area contributed by atoms with Crippen LogP contribution in [0.2, 0.25) is 0 Å². The van der Waals surface area contributed by atoms with Crippen LogP contribution in [0.4, 0.5) is 15.8 Å². The number of benzene rings is 3. The first-order chi connectivity index (χ1) is 19.3. The number of rotatable bonds is 13. The van der Waals surface area contributed by atoms with E-state index in [1.165, 1.54) is 66.7 Å². The summed E-state index contributed by atoms with van der Waals surface area (Å²) in [5.74, 6) is 1.04. The molecule has 11 nitrogen and oxygen atoms in total. The van der Waals surface area contributed by atoms with Crippen LogP contribution >= 0.6 is 11.8 Å². The topological polar surface area (TPSA) is 151 Å². The van der Waals surface area contributed by atoms with E-state index in [0.29, 0.717) is 34.1 Å². The largest absolute Gasteiger partial charge is 0.461 e. The van der Waals surface area contributed by atoms with Gasteiger partial charge < -0.3 is 10.1 Å². The quantitative estimate of drug-likeness (QED) is 0.0561. The fourth-order valence-corrected chi connectivity index (χ4v) is 4.31. The van der Waals surface area contributed by atoms with Crippen molar-refractivity contribution in [1.82, 2.24) is 10.2 Å². The molecule has 0 spiro atoms. The fourth-order valence-electron chi connectivity index (χ4n) is 3.41. The molecule has 0 atom stereocenters. The molecule has 0 aliphatic rings. The highest BCUT2D eigenvalue weighted by Gasteiger charge is 2.19. The number of nitrogens with zero attached hydrogens (tertiary/aromatic N) is 5. The van der Waals surface area contributed by atoms with E-state index in [4.69, 9.17) is 16.7 Å². The molecule has 0 saturated heterocycles. The standard InChI is InChI=1S/C27H23FN6O5S/c1-2-14-33(16-17-39-27(36)19-3-8-22(9-4-19)31-32-29)15-13-30-26(35)20-5-12-25(24(18-20)34(37)38)40-23-10-6-21(28)7-11-23/h1,3-12,18H,13-17H2,(H,30,35). The minimum absolute atomic E-state index is 0.0476. The highest BCUT2D eigenvalue weighted by molar-refractivity contribution is 7.99. The first kappa shape index (κ1) is 29.7. The molecule has 204 valence electrons. The number of ether oxygens (including phenoxy) is 1. The number of nitrogens with one attached hydrogen (secondary N) is 1. The van der Waals surface area contributed by atoms with E-state index < -0.39 is 22.6 Å². The van der Waals surface area contributed by atoms with Crippen LogP contribution in [0, 0.1) is 28.3 Å². The average molecular weight is 563 g/mol. The number of carbonyl (C=O) groups excluding carboxylic acids is 2. The minimum atomic E-state index is -0.576. The van der Waals surface area contributed by atoms with E-state index >= 15 is 0 Å². The van der Waals surface area contributed by atoms with Crippen molar-refractivity contribution in [2.24, 2.45) is 5.11 Å². The normalized spacial score (nSPS) is 10.3. The molecule has 0 radical (unpaired) electrons. The van der Waals surface area contributed by atoms with Crippen LogP contribution in [0.3, 0.4) is 0 Å². The van der Waals surface area contributed by atoms with Crippen molar-refractivity contribution in [1.29, 1.82) is 0 Å². The van der Waals surface area contributed by atoms with Crippen molar-refractivity contribution in [3.05, 3.63) is 104 Å². The second kappa shape index (κ2) is 14.9. The van der Waals surface area contributed by atoms with Gasteiger partial charge in [0, 0.05) is 46.8 Å². The van der Waals surface area contributed by atoms with Crippen molar-refractivity contribution < 1.29 is 23.6 Å². The minimum Gasteiger partial charge on any atom is -0.461 e. The van der Waals surface area contributed by atoms with Gasteiger partial charge in [-0.05, 0) is 54.1 Å². The molecule has 13 heteroatoms. The van der Waals surface area contributed by atoms with Gasteiger partial charge in [0.25, 0.3) is 11.6 Å². The summed E-state index contributed by atoms with van der Waals surface area (Å²) in [7, 11) is 0. The monoisotopic (exact) mass is 562 g/mol. The first-order valence-electron chi connectivity index (χ1n) is 11.8. The van der Waals surface area contributed by atoms with Crippen molar-refractivity contribution in [3.63, 3.8) is 0 Å². The van der Waals surface area contributed by atoms with Gasteiger partial charge in [-0.25, -0.2) is 9.18 Å². The van der Waals surface area contributed by atoms with E-state index in [1.54, 1.807) is 4.90 Å². The van der Waals surface area contributed by atoms with Gasteiger partial charge in [-0.1, -0.05) is 34.9 Å². The third kappa shape index (κ3) is 8.85. The predicted octanol–water partition coefficient (Wildman–Crippen LogP) is 5.35. The lowest BCUT2D eigenvalue weighted by Gasteiger charge is -2.19. The maximum absolute atomic E-state index is 13.2. The average Bonchev–Trinajstić information content (AvgIpc) is 2.94. The molecule has 0 heterocycles. The van der Waals surface area contributed by atoms with Gasteiger partial charge in [0.05, 0.1) is 21.9 Å². The molecular formula is C27H23FN6O5S. The Bertz CT molecular complexity index is 1450. The number of hydrogen-bond acceptors (Lipinski definition) is 8. The zero-order valence-corrected chi connectivity index (χ0v) is 21.8. The number of nitro benzene ring substituents is 1. The van der Waals surface area contributed by atoms with Crippen molar-refractivity contribution >= 4 is 35.0 Å². The van der Waals surface area contributed by atoms with Gasteiger partial charge in [0.15, 0.2) is 0 Å². The second-order valence-corrected chi connectivity index (χ2v) is 9.22. The fraction of sp³-hybridized carbons (Fsp3) is 0.185. The van der Waals surface area contributed by atoms with Crippen molar-refractivity contribution in [2.45, 2.75) is 9.79 Å². The molecule has 40 heavy (non-hydrogen) atoms. The van der Waals surface area contributed by atoms with Crippen LogP contribution in [0.15, 0.2) is 81.6 Å². The third-order valence-corrected chi connectivity index (χ3v) is 6.46. The van der Waals surface area contributed by atoms with Crippen LogP contribution < -0.4 is 5.32 Å². The Balaban J connectivity index is 1.51. The summed E-state index contributed by atoms with van der Waals surface area (Å²) in [6, 6.07) is 15.7. The van der Waals surface area contributed by atoms with E-state index in [-0.39, 0.29) is 30.9 Å². The number of hydrogen-bond donors (Lipinski definition) is 1. The molecule has 0 fully saturated rings. The van der Waals surface area contributed by atoms with Crippen LogP contribution in [0.5, 0.6) is 0 Å².